The molecular weight excluding hydrogens is 260 g/mol. The first-order valence-corrected chi connectivity index (χ1v) is 6.65. The summed E-state index contributed by atoms with van der Waals surface area (Å²) in [5, 5.41) is 2.99. The minimum Gasteiger partial charge on any atom is -0.444 e. The number of aliphatic imine (C=N–C) groups is 1. The van der Waals surface area contributed by atoms with Crippen LogP contribution in [0.4, 0.5) is 4.79 Å². The van der Waals surface area contributed by atoms with Gasteiger partial charge >= 0.3 is 6.09 Å². The summed E-state index contributed by atoms with van der Waals surface area (Å²) >= 11 is 0. The molecule has 0 fully saturated rings. The zero-order valence-corrected chi connectivity index (χ0v) is 13.4. The number of nitrogens with one attached hydrogen (secondary N) is 1. The molecule has 0 aromatic heterocycles. The number of carbonyl (C=O) groups is 1. The Morgan fingerprint density at radius 3 is 2.55 bits per heavy atom. The van der Waals surface area contributed by atoms with Crippen LogP contribution in [0, 0.1) is 0 Å². The number of hydrogen-bond donors (Lipinski definition) is 2. The van der Waals surface area contributed by atoms with Gasteiger partial charge in [-0.05, 0) is 27.7 Å². The maximum atomic E-state index is 11.7. The summed E-state index contributed by atoms with van der Waals surface area (Å²) in [6, 6.07) is 0.0901. The van der Waals surface area contributed by atoms with E-state index in [0.717, 1.165) is 0 Å². The number of ether oxygens (including phenoxy) is 2. The van der Waals surface area contributed by atoms with Crippen molar-refractivity contribution in [2.45, 2.75) is 39.3 Å². The summed E-state index contributed by atoms with van der Waals surface area (Å²) in [5.74, 6) is 0.340. The minimum atomic E-state index is -0.495. The lowest BCUT2D eigenvalue weighted by molar-refractivity contribution is 0.0304. The number of hydrogen-bond acceptors (Lipinski definition) is 4. The highest BCUT2D eigenvalue weighted by Crippen LogP contribution is 2.08. The smallest absolute Gasteiger partial charge is 0.410 e. The lowest BCUT2D eigenvalue weighted by atomic mass is 10.2. The second-order valence-corrected chi connectivity index (χ2v) is 5.67. The summed E-state index contributed by atoms with van der Waals surface area (Å²) in [6.07, 6.45) is -0.369. The Morgan fingerprint density at radius 2 is 2.05 bits per heavy atom. The molecule has 0 spiro atoms. The van der Waals surface area contributed by atoms with Crippen LogP contribution in [0.3, 0.4) is 0 Å². The Balaban J connectivity index is 4.06. The van der Waals surface area contributed by atoms with Crippen molar-refractivity contribution in [1.29, 1.82) is 0 Å². The highest BCUT2D eigenvalue weighted by Gasteiger charge is 2.19. The Morgan fingerprint density at radius 1 is 1.45 bits per heavy atom. The monoisotopic (exact) mass is 288 g/mol. The third-order valence-electron chi connectivity index (χ3n) is 2.23. The van der Waals surface area contributed by atoms with Gasteiger partial charge in [0.25, 0.3) is 0 Å². The van der Waals surface area contributed by atoms with Crippen molar-refractivity contribution >= 4 is 12.1 Å². The van der Waals surface area contributed by atoms with Crippen LogP contribution in [-0.2, 0) is 9.47 Å². The second kappa shape index (κ2) is 8.63. The van der Waals surface area contributed by atoms with Crippen molar-refractivity contribution in [3.8, 4) is 0 Å². The third kappa shape index (κ3) is 9.43. The van der Waals surface area contributed by atoms with E-state index in [-0.39, 0.29) is 12.1 Å². The van der Waals surface area contributed by atoms with Gasteiger partial charge in [-0.25, -0.2) is 4.79 Å². The van der Waals surface area contributed by atoms with E-state index in [4.69, 9.17) is 15.2 Å². The Kier molecular flexibility index (Phi) is 7.98. The molecule has 1 amide bonds. The van der Waals surface area contributed by atoms with Gasteiger partial charge in [0.05, 0.1) is 13.2 Å². The highest BCUT2D eigenvalue weighted by molar-refractivity contribution is 5.78. The first kappa shape index (κ1) is 18.5. The first-order valence-electron chi connectivity index (χ1n) is 6.65. The molecule has 20 heavy (non-hydrogen) atoms. The van der Waals surface area contributed by atoms with Crippen molar-refractivity contribution in [2.24, 2.45) is 10.7 Å². The number of amides is 1. The molecule has 1 unspecified atom stereocenters. The number of carbonyl (C=O) groups excluding carboxylic acids is 1. The van der Waals surface area contributed by atoms with E-state index in [2.05, 4.69) is 10.3 Å². The summed E-state index contributed by atoms with van der Waals surface area (Å²) in [4.78, 5) is 17.3. The van der Waals surface area contributed by atoms with E-state index in [1.165, 1.54) is 4.90 Å². The number of guanidine groups is 1. The average Bonchev–Trinajstić information content (AvgIpc) is 2.26. The zero-order valence-electron chi connectivity index (χ0n) is 13.4. The van der Waals surface area contributed by atoms with Crippen LogP contribution in [0.5, 0.6) is 0 Å². The summed E-state index contributed by atoms with van der Waals surface area (Å²) in [6.45, 7) is 8.83. The topological polar surface area (TPSA) is 89.2 Å². The number of methoxy groups -OCH3 is 1. The molecule has 0 aliphatic rings. The molecule has 1 atom stereocenters. The van der Waals surface area contributed by atoms with Gasteiger partial charge in [-0.1, -0.05) is 0 Å². The van der Waals surface area contributed by atoms with Gasteiger partial charge in [0.15, 0.2) is 5.96 Å². The maximum Gasteiger partial charge on any atom is 0.410 e. The lowest BCUT2D eigenvalue weighted by Gasteiger charge is -2.24. The maximum absolute atomic E-state index is 11.7. The SMILES string of the molecule is COCC(C)NC(N)=NCCN(C)C(=O)OC(C)(C)C. The van der Waals surface area contributed by atoms with Crippen molar-refractivity contribution in [2.75, 3.05) is 33.9 Å². The fourth-order valence-electron chi connectivity index (χ4n) is 1.34. The van der Waals surface area contributed by atoms with E-state index in [1.807, 2.05) is 27.7 Å². The van der Waals surface area contributed by atoms with Gasteiger partial charge in [-0.2, -0.15) is 0 Å². The summed E-state index contributed by atoms with van der Waals surface area (Å²) < 4.78 is 10.2. The average molecular weight is 288 g/mol. The Bertz CT molecular complexity index is 326. The van der Waals surface area contributed by atoms with Gasteiger partial charge in [0, 0.05) is 26.7 Å². The van der Waals surface area contributed by atoms with Crippen LogP contribution in [0.25, 0.3) is 0 Å². The normalized spacial score (nSPS) is 13.8. The fraction of sp³-hybridized carbons (Fsp3) is 0.846. The van der Waals surface area contributed by atoms with Gasteiger partial charge in [0.1, 0.15) is 5.60 Å². The summed E-state index contributed by atoms with van der Waals surface area (Å²) in [5.41, 5.74) is 5.22. The molecule has 0 bridgehead atoms. The molecule has 0 saturated carbocycles. The van der Waals surface area contributed by atoms with Crippen molar-refractivity contribution < 1.29 is 14.3 Å². The molecule has 0 aromatic rings. The lowest BCUT2D eigenvalue weighted by Crippen LogP contribution is -2.41. The summed E-state index contributed by atoms with van der Waals surface area (Å²) in [7, 11) is 3.29. The molecule has 0 rings (SSSR count). The van der Waals surface area contributed by atoms with Crippen LogP contribution in [-0.4, -0.2) is 62.4 Å². The predicted molar refractivity (Wildman–Crippen MR) is 79.8 cm³/mol. The molecule has 0 aliphatic heterocycles. The molecule has 0 heterocycles. The number of nitrogens with zero attached hydrogens (tertiary/aromatic N) is 2. The number of nitrogens with two attached hydrogens (primary N) is 1. The number of rotatable bonds is 6. The molecular formula is C13H28N4O3. The van der Waals surface area contributed by atoms with Crippen molar-refractivity contribution in [3.63, 3.8) is 0 Å². The van der Waals surface area contributed by atoms with Gasteiger partial charge in [-0.3, -0.25) is 4.99 Å². The largest absolute Gasteiger partial charge is 0.444 e. The van der Waals surface area contributed by atoms with E-state index in [0.29, 0.717) is 25.7 Å². The van der Waals surface area contributed by atoms with E-state index < -0.39 is 5.60 Å². The van der Waals surface area contributed by atoms with Crippen molar-refractivity contribution in [1.82, 2.24) is 10.2 Å². The Hall–Kier alpha value is -1.50. The quantitative estimate of drug-likeness (QED) is 0.557. The second-order valence-electron chi connectivity index (χ2n) is 5.67. The zero-order chi connectivity index (χ0) is 15.8. The van der Waals surface area contributed by atoms with Crippen LogP contribution < -0.4 is 11.1 Å². The third-order valence-corrected chi connectivity index (χ3v) is 2.23. The van der Waals surface area contributed by atoms with Crippen LogP contribution in [0.2, 0.25) is 0 Å². The number of likely N-dealkylation sites (N-methyl/N-ethyl adjacent to an activating group) is 1. The van der Waals surface area contributed by atoms with Crippen molar-refractivity contribution in [3.05, 3.63) is 0 Å². The van der Waals surface area contributed by atoms with Gasteiger partial charge in [0.2, 0.25) is 0 Å². The van der Waals surface area contributed by atoms with Crippen LogP contribution in [0.15, 0.2) is 4.99 Å². The van der Waals surface area contributed by atoms with Crippen LogP contribution >= 0.6 is 0 Å². The molecule has 0 saturated heterocycles. The standard InChI is InChI=1S/C13H28N4O3/c1-10(9-19-6)16-11(14)15-7-8-17(5)12(18)20-13(2,3)4/h10H,7-9H2,1-6H3,(H3,14,15,16). The molecule has 0 aliphatic carbocycles. The first-order chi connectivity index (χ1) is 9.15. The van der Waals surface area contributed by atoms with Crippen LogP contribution in [0.1, 0.15) is 27.7 Å². The molecule has 3 N–H and O–H groups in total. The van der Waals surface area contributed by atoms with E-state index in [1.54, 1.807) is 14.2 Å². The predicted octanol–water partition coefficient (Wildman–Crippen LogP) is 0.793. The molecule has 0 aromatic carbocycles. The molecule has 7 nitrogen and oxygen atoms in total. The highest BCUT2D eigenvalue weighted by atomic mass is 16.6. The van der Waals surface area contributed by atoms with E-state index >= 15 is 0 Å². The molecule has 118 valence electrons. The molecule has 0 radical (unpaired) electrons. The minimum absolute atomic E-state index is 0.0901. The Labute approximate surface area is 121 Å². The van der Waals surface area contributed by atoms with E-state index in [9.17, 15) is 4.79 Å². The van der Waals surface area contributed by atoms with Gasteiger partial charge < -0.3 is 25.4 Å². The molecule has 7 heteroatoms. The fourth-order valence-corrected chi connectivity index (χ4v) is 1.34. The van der Waals surface area contributed by atoms with Gasteiger partial charge in [-0.15, -0.1) is 0 Å².